The van der Waals surface area contributed by atoms with Gasteiger partial charge in [-0.05, 0) is 99.7 Å². The average molecular weight is 607 g/mol. The fraction of sp³-hybridized carbons (Fsp3) is 0.378. The summed E-state index contributed by atoms with van der Waals surface area (Å²) >= 11 is 0. The van der Waals surface area contributed by atoms with Crippen LogP contribution in [-0.4, -0.2) is 31.1 Å². The first-order valence-electron chi connectivity index (χ1n) is 15.5. The first kappa shape index (κ1) is 39.6. The Balaban J connectivity index is 0.00000290. The number of benzene rings is 3. The first-order chi connectivity index (χ1) is 21.4. The van der Waals surface area contributed by atoms with Crippen LogP contribution in [0.25, 0.3) is 0 Å². The van der Waals surface area contributed by atoms with Gasteiger partial charge in [0.2, 0.25) is 0 Å². The van der Waals surface area contributed by atoms with Crippen molar-refractivity contribution in [3.8, 4) is 17.2 Å². The second-order valence-electron chi connectivity index (χ2n) is 8.73. The molecule has 0 amide bonds. The van der Waals surface area contributed by atoms with Crippen molar-refractivity contribution in [2.75, 3.05) is 13.2 Å². The van der Waals surface area contributed by atoms with E-state index < -0.39 is 17.9 Å². The number of carbonyl (C=O) groups excluding carboxylic acids is 3. The maximum absolute atomic E-state index is 12.5. The molecule has 0 heterocycles. The molecule has 0 bridgehead atoms. The molecule has 0 saturated heterocycles. The maximum atomic E-state index is 12.5. The molecular weight excluding hydrogens is 556 g/mol. The van der Waals surface area contributed by atoms with Gasteiger partial charge in [-0.25, -0.2) is 14.4 Å². The van der Waals surface area contributed by atoms with E-state index in [9.17, 15) is 14.4 Å². The van der Waals surface area contributed by atoms with Crippen molar-refractivity contribution in [2.45, 2.75) is 81.1 Å². The molecule has 0 N–H and O–H groups in total. The van der Waals surface area contributed by atoms with Crippen LogP contribution < -0.4 is 14.2 Å². The fourth-order valence-corrected chi connectivity index (χ4v) is 3.56. The smallest absolute Gasteiger partial charge is 0.343 e. The molecule has 44 heavy (non-hydrogen) atoms. The zero-order valence-corrected chi connectivity index (χ0v) is 27.7. The molecule has 0 spiro atoms. The number of esters is 3. The predicted octanol–water partition coefficient (Wildman–Crippen LogP) is 9.49. The van der Waals surface area contributed by atoms with Gasteiger partial charge in [0.05, 0.1) is 24.3 Å². The van der Waals surface area contributed by atoms with Crippen LogP contribution in [0.5, 0.6) is 17.2 Å². The van der Waals surface area contributed by atoms with E-state index in [0.29, 0.717) is 41.6 Å². The van der Waals surface area contributed by atoms with Crippen molar-refractivity contribution in [1.29, 1.82) is 0 Å². The third-order valence-electron chi connectivity index (χ3n) is 5.64. The Labute approximate surface area is 264 Å². The first-order valence-corrected chi connectivity index (χ1v) is 15.5. The van der Waals surface area contributed by atoms with Crippen LogP contribution in [0, 0.1) is 13.8 Å². The normalized spacial score (nSPS) is 9.36. The Bertz CT molecular complexity index is 1250. The number of ether oxygens (including phenoxy) is 4. The molecule has 0 aliphatic heterocycles. The van der Waals surface area contributed by atoms with Crippen molar-refractivity contribution in [3.63, 3.8) is 0 Å². The summed E-state index contributed by atoms with van der Waals surface area (Å²) in [4.78, 5) is 35.9. The summed E-state index contributed by atoms with van der Waals surface area (Å²) < 4.78 is 21.6. The molecule has 0 aliphatic carbocycles. The van der Waals surface area contributed by atoms with Gasteiger partial charge in [-0.15, -0.1) is 0 Å². The zero-order chi connectivity index (χ0) is 33.3. The van der Waals surface area contributed by atoms with E-state index in [-0.39, 0.29) is 0 Å². The van der Waals surface area contributed by atoms with Gasteiger partial charge in [-0.1, -0.05) is 65.8 Å². The van der Waals surface area contributed by atoms with E-state index in [2.05, 4.69) is 6.58 Å². The van der Waals surface area contributed by atoms with Gasteiger partial charge < -0.3 is 18.9 Å². The molecular formula is C37H50O7. The highest BCUT2D eigenvalue weighted by molar-refractivity contribution is 5.92. The molecule has 3 aromatic carbocycles. The Morgan fingerprint density at radius 3 is 1.66 bits per heavy atom. The number of aryl methyl sites for hydroxylation is 2. The molecule has 7 nitrogen and oxygen atoms in total. The molecule has 0 aromatic heterocycles. The summed E-state index contributed by atoms with van der Waals surface area (Å²) in [5.74, 6) is 0.0848. The topological polar surface area (TPSA) is 88.1 Å². The third kappa shape index (κ3) is 15.2. The van der Waals surface area contributed by atoms with Crippen molar-refractivity contribution in [2.24, 2.45) is 0 Å². The van der Waals surface area contributed by atoms with Gasteiger partial charge in [0.1, 0.15) is 17.2 Å². The Morgan fingerprint density at radius 2 is 1.14 bits per heavy atom. The molecule has 3 aromatic rings. The molecule has 0 radical (unpaired) electrons. The van der Waals surface area contributed by atoms with E-state index in [1.54, 1.807) is 54.6 Å². The minimum Gasteiger partial charge on any atom is -0.494 e. The average Bonchev–Trinajstić information content (AvgIpc) is 3.06. The van der Waals surface area contributed by atoms with Gasteiger partial charge in [0.15, 0.2) is 0 Å². The number of unbranched alkanes of at least 4 members (excludes halogenated alkanes) is 3. The van der Waals surface area contributed by atoms with E-state index in [0.717, 1.165) is 42.9 Å². The van der Waals surface area contributed by atoms with Crippen LogP contribution in [0.1, 0.15) is 99.1 Å². The SMILES string of the molecule is C=CC(=O)OCCCCCCOc1ccc(C(=O)Oc2ccc(C(=O)Oc3ccc(C)cc3C)cc2)cc1.CC.CC.CC. The van der Waals surface area contributed by atoms with Crippen LogP contribution >= 0.6 is 0 Å². The lowest BCUT2D eigenvalue weighted by molar-refractivity contribution is -0.137. The molecule has 0 atom stereocenters. The van der Waals surface area contributed by atoms with Crippen LogP contribution in [0.2, 0.25) is 0 Å². The molecule has 3 rings (SSSR count). The predicted molar refractivity (Wildman–Crippen MR) is 178 cm³/mol. The van der Waals surface area contributed by atoms with Crippen LogP contribution in [0.15, 0.2) is 79.4 Å². The van der Waals surface area contributed by atoms with Gasteiger partial charge >= 0.3 is 17.9 Å². The van der Waals surface area contributed by atoms with Crippen molar-refractivity contribution in [3.05, 3.63) is 102 Å². The second kappa shape index (κ2) is 24.1. The summed E-state index contributed by atoms with van der Waals surface area (Å²) in [5.41, 5.74) is 2.69. The van der Waals surface area contributed by atoms with Crippen LogP contribution in [0.4, 0.5) is 0 Å². The van der Waals surface area contributed by atoms with Gasteiger partial charge in [-0.2, -0.15) is 0 Å². The highest BCUT2D eigenvalue weighted by atomic mass is 16.5. The standard InChI is InChI=1S/C31H32O7.3C2H6/c1-4-29(32)36-20-8-6-5-7-19-35-26-14-10-24(11-15-26)30(33)37-27-16-12-25(13-17-27)31(34)38-28-18-9-22(2)21-23(28)3;3*1-2/h4,9-18,21H,1,5-8,19-20H2,2-3H3;3*1-2H3. The summed E-state index contributed by atoms with van der Waals surface area (Å²) in [6.45, 7) is 20.2. The van der Waals surface area contributed by atoms with Crippen molar-refractivity contribution >= 4 is 17.9 Å². The minimum absolute atomic E-state index is 0.317. The molecule has 7 heteroatoms. The second-order valence-corrected chi connectivity index (χ2v) is 8.73. The van der Waals surface area contributed by atoms with E-state index in [1.807, 2.05) is 67.5 Å². The quantitative estimate of drug-likeness (QED) is 0.0828. The molecule has 0 fully saturated rings. The number of hydrogen-bond acceptors (Lipinski definition) is 7. The lowest BCUT2D eigenvalue weighted by Crippen LogP contribution is -2.10. The number of rotatable bonds is 13. The number of hydrogen-bond donors (Lipinski definition) is 0. The third-order valence-corrected chi connectivity index (χ3v) is 5.64. The molecule has 0 aliphatic rings. The van der Waals surface area contributed by atoms with Gasteiger partial charge in [0.25, 0.3) is 0 Å². The monoisotopic (exact) mass is 606 g/mol. The van der Waals surface area contributed by atoms with Crippen molar-refractivity contribution < 1.29 is 33.3 Å². The Kier molecular flexibility index (Phi) is 21.7. The van der Waals surface area contributed by atoms with Gasteiger partial charge in [-0.3, -0.25) is 0 Å². The van der Waals surface area contributed by atoms with E-state index in [1.165, 1.54) is 0 Å². The lowest BCUT2D eigenvalue weighted by Gasteiger charge is -2.09. The van der Waals surface area contributed by atoms with Gasteiger partial charge in [0, 0.05) is 6.08 Å². The summed E-state index contributed by atoms with van der Waals surface area (Å²) in [6, 6.07) is 18.5. The highest BCUT2D eigenvalue weighted by Crippen LogP contribution is 2.21. The number of carbonyl (C=O) groups is 3. The zero-order valence-electron chi connectivity index (χ0n) is 27.7. The van der Waals surface area contributed by atoms with Crippen LogP contribution in [-0.2, 0) is 9.53 Å². The molecule has 0 unspecified atom stereocenters. The molecule has 0 saturated carbocycles. The summed E-state index contributed by atoms with van der Waals surface area (Å²) in [5, 5.41) is 0. The minimum atomic E-state index is -0.515. The fourth-order valence-electron chi connectivity index (χ4n) is 3.56. The summed E-state index contributed by atoms with van der Waals surface area (Å²) in [6.07, 6.45) is 4.72. The van der Waals surface area contributed by atoms with E-state index in [4.69, 9.17) is 18.9 Å². The maximum Gasteiger partial charge on any atom is 0.343 e. The Morgan fingerprint density at radius 1 is 0.636 bits per heavy atom. The summed E-state index contributed by atoms with van der Waals surface area (Å²) in [7, 11) is 0. The van der Waals surface area contributed by atoms with E-state index >= 15 is 0 Å². The Hall–Kier alpha value is -4.39. The van der Waals surface area contributed by atoms with Crippen molar-refractivity contribution in [1.82, 2.24) is 0 Å². The lowest BCUT2D eigenvalue weighted by atomic mass is 10.1. The highest BCUT2D eigenvalue weighted by Gasteiger charge is 2.13. The largest absolute Gasteiger partial charge is 0.494 e. The van der Waals surface area contributed by atoms with Crippen LogP contribution in [0.3, 0.4) is 0 Å². The molecule has 240 valence electrons.